The first-order chi connectivity index (χ1) is 15.9. The van der Waals surface area contributed by atoms with E-state index in [1.807, 2.05) is 31.2 Å². The number of hydrogen-bond acceptors (Lipinski definition) is 6. The summed E-state index contributed by atoms with van der Waals surface area (Å²) in [4.78, 5) is 42.5. The number of carbonyl (C=O) groups excluding carboxylic acids is 3. The number of allylic oxidation sites excluding steroid dienone is 1. The third-order valence-electron chi connectivity index (χ3n) is 6.56. The van der Waals surface area contributed by atoms with Gasteiger partial charge in [-0.15, -0.1) is 0 Å². The normalized spacial score (nSPS) is 21.8. The summed E-state index contributed by atoms with van der Waals surface area (Å²) < 4.78 is 5.41. The number of amides is 1. The van der Waals surface area contributed by atoms with Crippen LogP contribution in [0.5, 0.6) is 0 Å². The molecule has 168 valence electrons. The highest BCUT2D eigenvalue weighted by Crippen LogP contribution is 2.55. The summed E-state index contributed by atoms with van der Waals surface area (Å²) in [7, 11) is 0. The van der Waals surface area contributed by atoms with Crippen LogP contribution in [-0.2, 0) is 24.5 Å². The Hall–Kier alpha value is -3.87. The Morgan fingerprint density at radius 1 is 1.15 bits per heavy atom. The average molecular weight is 444 g/mol. The third kappa shape index (κ3) is 2.85. The van der Waals surface area contributed by atoms with Crippen molar-refractivity contribution in [1.82, 2.24) is 0 Å². The minimum absolute atomic E-state index is 0.0118. The van der Waals surface area contributed by atoms with E-state index in [9.17, 15) is 14.4 Å². The molecule has 7 heteroatoms. The Morgan fingerprint density at radius 2 is 1.94 bits per heavy atom. The van der Waals surface area contributed by atoms with Crippen LogP contribution in [0, 0.1) is 6.92 Å². The van der Waals surface area contributed by atoms with Gasteiger partial charge in [0, 0.05) is 34.6 Å². The first-order valence-corrected chi connectivity index (χ1v) is 11.1. The Balaban J connectivity index is 1.90. The predicted octanol–water partition coefficient (Wildman–Crippen LogP) is 3.45. The summed E-state index contributed by atoms with van der Waals surface area (Å²) in [5, 5.41) is 2.88. The minimum atomic E-state index is -1.64. The van der Waals surface area contributed by atoms with Crippen LogP contribution >= 0.6 is 0 Å². The van der Waals surface area contributed by atoms with Gasteiger partial charge in [0.25, 0.3) is 0 Å². The maximum Gasteiger partial charge on any atom is 0.339 e. The van der Waals surface area contributed by atoms with Crippen LogP contribution < -0.4 is 16.0 Å². The van der Waals surface area contributed by atoms with Crippen LogP contribution in [-0.4, -0.2) is 24.3 Å². The smallest absolute Gasteiger partial charge is 0.339 e. The molecule has 0 saturated heterocycles. The molecule has 1 spiro atoms. The summed E-state index contributed by atoms with van der Waals surface area (Å²) in [6, 6.07) is 14.8. The van der Waals surface area contributed by atoms with E-state index in [4.69, 9.17) is 10.5 Å². The molecule has 3 N–H and O–H groups in total. The minimum Gasteiger partial charge on any atom is -0.462 e. The van der Waals surface area contributed by atoms with Gasteiger partial charge in [0.1, 0.15) is 16.8 Å². The first-order valence-electron chi connectivity index (χ1n) is 11.1. The number of nitrogens with two attached hydrogens (primary N) is 1. The summed E-state index contributed by atoms with van der Waals surface area (Å²) in [6.07, 6.45) is 1.50. The molecule has 2 aromatic carbocycles. The van der Waals surface area contributed by atoms with Gasteiger partial charge in [0.2, 0.25) is 5.91 Å². The lowest BCUT2D eigenvalue weighted by Crippen LogP contribution is -2.53. The number of Topliss-reactive ketones (excluding diaryl/α,β-unsaturated/α-hetero) is 1. The molecule has 0 fully saturated rings. The Labute approximate surface area is 191 Å². The fraction of sp³-hybridized carbons (Fsp3) is 0.269. The van der Waals surface area contributed by atoms with Gasteiger partial charge in [-0.1, -0.05) is 30.3 Å². The van der Waals surface area contributed by atoms with Gasteiger partial charge < -0.3 is 15.8 Å². The van der Waals surface area contributed by atoms with Crippen LogP contribution in [0.1, 0.15) is 37.3 Å². The van der Waals surface area contributed by atoms with Gasteiger partial charge in [0.05, 0.1) is 6.61 Å². The largest absolute Gasteiger partial charge is 0.462 e. The van der Waals surface area contributed by atoms with Crippen molar-refractivity contribution in [3.05, 3.63) is 82.3 Å². The fourth-order valence-electron chi connectivity index (χ4n) is 5.33. The second-order valence-corrected chi connectivity index (χ2v) is 8.50. The third-order valence-corrected chi connectivity index (χ3v) is 6.56. The number of ether oxygens (including phenoxy) is 1. The number of aryl methyl sites for hydroxylation is 1. The number of ketones is 1. The van der Waals surface area contributed by atoms with Crippen molar-refractivity contribution in [2.45, 2.75) is 38.5 Å². The second kappa shape index (κ2) is 7.62. The highest BCUT2D eigenvalue weighted by atomic mass is 16.5. The molecule has 0 radical (unpaired) electrons. The molecule has 0 saturated carbocycles. The molecule has 0 bridgehead atoms. The fourth-order valence-corrected chi connectivity index (χ4v) is 5.33. The number of nitrogens with one attached hydrogen (secondary N) is 1. The highest BCUT2D eigenvalue weighted by Gasteiger charge is 2.61. The van der Waals surface area contributed by atoms with Crippen LogP contribution in [0.4, 0.5) is 11.4 Å². The number of hydrogen-bond donors (Lipinski definition) is 2. The average Bonchev–Trinajstić information content (AvgIpc) is 3.06. The van der Waals surface area contributed by atoms with Crippen LogP contribution in [0.2, 0.25) is 0 Å². The molecule has 0 aromatic heterocycles. The van der Waals surface area contributed by atoms with Crippen molar-refractivity contribution < 1.29 is 19.1 Å². The van der Waals surface area contributed by atoms with Crippen LogP contribution in [0.15, 0.2) is 71.2 Å². The standard InChI is InChI=1S/C26H25N3O4/c1-3-33-24(31)22-23(27)29(16-9-6-8-15(2)14-16)19-12-7-13-20(30)21(19)26(22)17-10-4-5-11-18(17)28-25(26)32/h4-6,8-11,14H,3,7,12-13,27H2,1-2H3,(H,28,32). The molecule has 2 aromatic rings. The zero-order valence-corrected chi connectivity index (χ0v) is 18.6. The lowest BCUT2D eigenvalue weighted by Gasteiger charge is -2.44. The van der Waals surface area contributed by atoms with Gasteiger partial charge in [-0.2, -0.15) is 0 Å². The number of nitrogens with zero attached hydrogens (tertiary/aromatic N) is 1. The van der Waals surface area contributed by atoms with E-state index in [0.29, 0.717) is 41.8 Å². The molecule has 1 unspecified atom stereocenters. The molecule has 1 aliphatic carbocycles. The van der Waals surface area contributed by atoms with E-state index >= 15 is 0 Å². The lowest BCUT2D eigenvalue weighted by molar-refractivity contribution is -0.140. The van der Waals surface area contributed by atoms with Gasteiger partial charge in [-0.3, -0.25) is 14.5 Å². The van der Waals surface area contributed by atoms with Crippen molar-refractivity contribution in [3.63, 3.8) is 0 Å². The van der Waals surface area contributed by atoms with Crippen LogP contribution in [0.3, 0.4) is 0 Å². The van der Waals surface area contributed by atoms with E-state index < -0.39 is 17.3 Å². The monoisotopic (exact) mass is 443 g/mol. The molecule has 5 rings (SSSR count). The molecular weight excluding hydrogens is 418 g/mol. The zero-order chi connectivity index (χ0) is 23.3. The van der Waals surface area contributed by atoms with Crippen LogP contribution in [0.25, 0.3) is 0 Å². The van der Waals surface area contributed by atoms with Crippen molar-refractivity contribution in [3.8, 4) is 0 Å². The Kier molecular flexibility index (Phi) is 4.85. The van der Waals surface area contributed by atoms with Gasteiger partial charge in [-0.25, -0.2) is 4.79 Å². The number of esters is 1. The zero-order valence-electron chi connectivity index (χ0n) is 18.6. The van der Waals surface area contributed by atoms with Gasteiger partial charge in [0.15, 0.2) is 5.78 Å². The van der Waals surface area contributed by atoms with Crippen molar-refractivity contribution in [1.29, 1.82) is 0 Å². The molecule has 2 heterocycles. The number of rotatable bonds is 3. The maximum atomic E-state index is 13.8. The Bertz CT molecular complexity index is 1280. The molecular formula is C26H25N3O4. The van der Waals surface area contributed by atoms with Crippen molar-refractivity contribution in [2.75, 3.05) is 16.8 Å². The number of carbonyl (C=O) groups is 3. The SMILES string of the molecule is CCOC(=O)C1=C(N)N(c2cccc(C)c2)C2=C(C(=O)CCC2)C12C(=O)Nc1ccccc12. The summed E-state index contributed by atoms with van der Waals surface area (Å²) >= 11 is 0. The molecule has 7 nitrogen and oxygen atoms in total. The summed E-state index contributed by atoms with van der Waals surface area (Å²) in [6.45, 7) is 3.77. The number of anilines is 2. The summed E-state index contributed by atoms with van der Waals surface area (Å²) in [5.41, 5.74) is 8.92. The van der Waals surface area contributed by atoms with Crippen molar-refractivity contribution in [2.24, 2.45) is 5.73 Å². The van der Waals surface area contributed by atoms with E-state index in [1.165, 1.54) is 0 Å². The number of benzene rings is 2. The maximum absolute atomic E-state index is 13.8. The molecule has 1 amide bonds. The van der Waals surface area contributed by atoms with E-state index in [1.54, 1.807) is 36.1 Å². The lowest BCUT2D eigenvalue weighted by atomic mass is 9.63. The van der Waals surface area contributed by atoms with Crippen molar-refractivity contribution >= 4 is 29.0 Å². The highest BCUT2D eigenvalue weighted by molar-refractivity contribution is 6.23. The number of fused-ring (bicyclic) bond motifs is 3. The quantitative estimate of drug-likeness (QED) is 0.705. The second-order valence-electron chi connectivity index (χ2n) is 8.50. The number of para-hydroxylation sites is 1. The first kappa shape index (κ1) is 21.0. The van der Waals surface area contributed by atoms with E-state index in [2.05, 4.69) is 5.32 Å². The van der Waals surface area contributed by atoms with Gasteiger partial charge >= 0.3 is 5.97 Å². The molecule has 1 atom stereocenters. The Morgan fingerprint density at radius 3 is 2.70 bits per heavy atom. The van der Waals surface area contributed by atoms with E-state index in [0.717, 1.165) is 11.3 Å². The molecule has 33 heavy (non-hydrogen) atoms. The summed E-state index contributed by atoms with van der Waals surface area (Å²) in [5.74, 6) is -1.21. The predicted molar refractivity (Wildman–Crippen MR) is 124 cm³/mol. The van der Waals surface area contributed by atoms with Gasteiger partial charge in [-0.05, 0) is 50.5 Å². The van der Waals surface area contributed by atoms with E-state index in [-0.39, 0.29) is 23.8 Å². The molecule has 2 aliphatic heterocycles. The molecule has 3 aliphatic rings. The topological polar surface area (TPSA) is 102 Å².